The number of ether oxygens (including phenoxy) is 1. The van der Waals surface area contributed by atoms with Crippen molar-refractivity contribution < 1.29 is 19.1 Å². The first-order valence-electron chi connectivity index (χ1n) is 14.0. The monoisotopic (exact) mass is 543 g/mol. The Bertz CT molecular complexity index is 1090. The van der Waals surface area contributed by atoms with Crippen molar-refractivity contribution in [2.45, 2.75) is 95.7 Å². The highest BCUT2D eigenvalue weighted by molar-refractivity contribution is 6.31. The molecule has 0 bridgehead atoms. The summed E-state index contributed by atoms with van der Waals surface area (Å²) in [6.45, 7) is 6.16. The van der Waals surface area contributed by atoms with E-state index in [1.54, 1.807) is 19.0 Å². The van der Waals surface area contributed by atoms with E-state index >= 15 is 0 Å². The molecule has 3 aliphatic rings. The van der Waals surface area contributed by atoms with Crippen LogP contribution in [0.15, 0.2) is 24.3 Å². The summed E-state index contributed by atoms with van der Waals surface area (Å²) < 4.78 is 5.53. The Hall–Kier alpha value is -2.54. The van der Waals surface area contributed by atoms with Crippen LogP contribution in [0.3, 0.4) is 0 Å². The van der Waals surface area contributed by atoms with Gasteiger partial charge in [0.05, 0.1) is 0 Å². The number of amides is 3. The molecule has 38 heavy (non-hydrogen) atoms. The van der Waals surface area contributed by atoms with Gasteiger partial charge in [0, 0.05) is 43.2 Å². The number of halogens is 1. The summed E-state index contributed by atoms with van der Waals surface area (Å²) >= 11 is 6.30. The minimum Gasteiger partial charge on any atom is -0.444 e. The molecule has 1 saturated carbocycles. The van der Waals surface area contributed by atoms with Crippen molar-refractivity contribution >= 4 is 35.1 Å². The lowest BCUT2D eigenvalue weighted by atomic mass is 9.83. The Morgan fingerprint density at radius 2 is 1.82 bits per heavy atom. The summed E-state index contributed by atoms with van der Waals surface area (Å²) in [6, 6.07) is 5.19. The summed E-state index contributed by atoms with van der Waals surface area (Å²) in [5, 5.41) is 3.56. The van der Waals surface area contributed by atoms with Gasteiger partial charge in [-0.3, -0.25) is 9.59 Å². The molecule has 8 heteroatoms. The van der Waals surface area contributed by atoms with E-state index in [0.717, 1.165) is 56.1 Å². The number of hydrogen-bond acceptors (Lipinski definition) is 4. The molecule has 1 aromatic rings. The quantitative estimate of drug-likeness (QED) is 0.494. The maximum Gasteiger partial charge on any atom is 0.408 e. The normalized spacial score (nSPS) is 22.5. The molecule has 1 saturated heterocycles. The molecule has 0 aromatic heterocycles. The van der Waals surface area contributed by atoms with Gasteiger partial charge in [-0.1, -0.05) is 43.0 Å². The number of likely N-dealkylation sites (tertiary alicyclic amines) is 1. The summed E-state index contributed by atoms with van der Waals surface area (Å²) in [5.41, 5.74) is 1.99. The number of benzene rings is 1. The molecular formula is C30H42ClN3O4. The van der Waals surface area contributed by atoms with Crippen LogP contribution in [-0.4, -0.2) is 66.0 Å². The second kappa shape index (κ2) is 11.7. The van der Waals surface area contributed by atoms with Crippen molar-refractivity contribution in [2.24, 2.45) is 5.92 Å². The Kier molecular flexibility index (Phi) is 8.75. The zero-order valence-electron chi connectivity index (χ0n) is 23.4. The Labute approximate surface area is 231 Å². The fourth-order valence-corrected chi connectivity index (χ4v) is 6.39. The molecule has 2 aliphatic carbocycles. The molecule has 208 valence electrons. The van der Waals surface area contributed by atoms with E-state index in [0.29, 0.717) is 17.1 Å². The number of fused-ring (bicyclic) bond motifs is 1. The third kappa shape index (κ3) is 6.53. The zero-order valence-corrected chi connectivity index (χ0v) is 24.1. The molecule has 1 N–H and O–H groups in total. The first kappa shape index (κ1) is 28.5. The van der Waals surface area contributed by atoms with E-state index in [1.165, 1.54) is 6.42 Å². The van der Waals surface area contributed by atoms with Crippen LogP contribution in [0.2, 0.25) is 5.02 Å². The predicted octanol–water partition coefficient (Wildman–Crippen LogP) is 5.76. The van der Waals surface area contributed by atoms with Gasteiger partial charge >= 0.3 is 6.09 Å². The number of carbonyl (C=O) groups is 3. The van der Waals surface area contributed by atoms with Crippen LogP contribution in [-0.2, 0) is 14.3 Å². The summed E-state index contributed by atoms with van der Waals surface area (Å²) in [5.74, 6) is 0.0811. The van der Waals surface area contributed by atoms with Crippen LogP contribution in [0.4, 0.5) is 4.79 Å². The molecule has 4 rings (SSSR count). The maximum absolute atomic E-state index is 14.0. The van der Waals surface area contributed by atoms with Gasteiger partial charge in [-0.2, -0.15) is 0 Å². The standard InChI is InChI=1S/C30H42ClN3O4/c1-30(2,3)38-29(37)32-26(19-10-7-6-8-11-19)28(36)34-15-9-12-22(34)16-20-17-25(27(35)33(4)5)24-18-21(31)13-14-23(20)24/h13-14,17-20,22,26H,6-12,15-16H2,1-5H3,(H,32,37)/t20?,22-,26-/m0/s1. The van der Waals surface area contributed by atoms with Gasteiger partial charge < -0.3 is 19.9 Å². The van der Waals surface area contributed by atoms with E-state index in [1.807, 2.05) is 49.9 Å². The highest BCUT2D eigenvalue weighted by Gasteiger charge is 2.40. The maximum atomic E-state index is 14.0. The van der Waals surface area contributed by atoms with E-state index in [2.05, 4.69) is 5.32 Å². The van der Waals surface area contributed by atoms with Crippen LogP contribution in [0, 0.1) is 5.92 Å². The average Bonchev–Trinajstić information content (AvgIpc) is 3.45. The molecule has 0 spiro atoms. The highest BCUT2D eigenvalue weighted by Crippen LogP contribution is 2.42. The fraction of sp³-hybridized carbons (Fsp3) is 0.633. The third-order valence-electron chi connectivity index (χ3n) is 7.96. The Morgan fingerprint density at radius 3 is 2.47 bits per heavy atom. The SMILES string of the molecule is CN(C)C(=O)C1=CC(C[C@@H]2CCCN2C(=O)[C@@H](NC(=O)OC(C)(C)C)C2CCCCC2)c2ccc(Cl)cc21. The first-order valence-corrected chi connectivity index (χ1v) is 14.4. The number of allylic oxidation sites excluding steroid dienone is 1. The van der Waals surface area contributed by atoms with Crippen LogP contribution in [0.5, 0.6) is 0 Å². The van der Waals surface area contributed by atoms with Gasteiger partial charge in [0.15, 0.2) is 0 Å². The second-order valence-electron chi connectivity index (χ2n) is 12.2. The van der Waals surface area contributed by atoms with E-state index in [9.17, 15) is 14.4 Å². The molecule has 1 unspecified atom stereocenters. The lowest BCUT2D eigenvalue weighted by Gasteiger charge is -2.36. The van der Waals surface area contributed by atoms with Gasteiger partial charge in [-0.25, -0.2) is 4.79 Å². The zero-order chi connectivity index (χ0) is 27.6. The smallest absolute Gasteiger partial charge is 0.408 e. The van der Waals surface area contributed by atoms with Crippen molar-refractivity contribution in [2.75, 3.05) is 20.6 Å². The van der Waals surface area contributed by atoms with Crippen LogP contribution in [0.1, 0.15) is 89.2 Å². The Balaban J connectivity index is 1.55. The van der Waals surface area contributed by atoms with Gasteiger partial charge in [0.25, 0.3) is 5.91 Å². The van der Waals surface area contributed by atoms with Crippen molar-refractivity contribution in [1.29, 1.82) is 0 Å². The van der Waals surface area contributed by atoms with Crippen LogP contribution >= 0.6 is 11.6 Å². The Morgan fingerprint density at radius 1 is 1.11 bits per heavy atom. The number of nitrogens with zero attached hydrogens (tertiary/aromatic N) is 2. The number of likely N-dealkylation sites (N-methyl/N-ethyl adjacent to an activating group) is 1. The van der Waals surface area contributed by atoms with Crippen molar-refractivity contribution in [1.82, 2.24) is 15.1 Å². The minimum atomic E-state index is -0.632. The van der Waals surface area contributed by atoms with Gasteiger partial charge in [0.2, 0.25) is 5.91 Å². The number of carbonyl (C=O) groups excluding carboxylic acids is 3. The number of hydrogen-bond donors (Lipinski definition) is 1. The van der Waals surface area contributed by atoms with Crippen LogP contribution < -0.4 is 5.32 Å². The van der Waals surface area contributed by atoms with E-state index in [4.69, 9.17) is 16.3 Å². The fourth-order valence-electron chi connectivity index (χ4n) is 6.21. The topological polar surface area (TPSA) is 79.0 Å². The van der Waals surface area contributed by atoms with Gasteiger partial charge in [-0.05, 0) is 82.1 Å². The summed E-state index contributed by atoms with van der Waals surface area (Å²) in [4.78, 5) is 43.3. The summed E-state index contributed by atoms with van der Waals surface area (Å²) in [7, 11) is 3.50. The lowest BCUT2D eigenvalue weighted by molar-refractivity contribution is -0.136. The number of rotatable bonds is 6. The molecule has 3 atom stereocenters. The second-order valence-corrected chi connectivity index (χ2v) is 12.6. The number of nitrogens with one attached hydrogen (secondary N) is 1. The summed E-state index contributed by atoms with van der Waals surface area (Å²) in [6.07, 6.45) is 9.24. The van der Waals surface area contributed by atoms with Crippen molar-refractivity contribution in [3.05, 3.63) is 40.4 Å². The first-order chi connectivity index (χ1) is 17.9. The minimum absolute atomic E-state index is 0.00634. The van der Waals surface area contributed by atoms with Crippen molar-refractivity contribution in [3.63, 3.8) is 0 Å². The van der Waals surface area contributed by atoms with Crippen LogP contribution in [0.25, 0.3) is 5.57 Å². The molecule has 7 nitrogen and oxygen atoms in total. The molecular weight excluding hydrogens is 502 g/mol. The van der Waals surface area contributed by atoms with Gasteiger partial charge in [0.1, 0.15) is 11.6 Å². The van der Waals surface area contributed by atoms with E-state index < -0.39 is 17.7 Å². The molecule has 2 fully saturated rings. The highest BCUT2D eigenvalue weighted by atomic mass is 35.5. The molecule has 1 heterocycles. The van der Waals surface area contributed by atoms with Crippen molar-refractivity contribution in [3.8, 4) is 0 Å². The largest absolute Gasteiger partial charge is 0.444 e. The lowest BCUT2D eigenvalue weighted by Crippen LogP contribution is -2.54. The molecule has 3 amide bonds. The average molecular weight is 544 g/mol. The molecule has 0 radical (unpaired) electrons. The molecule has 1 aromatic carbocycles. The molecule has 1 aliphatic heterocycles. The number of alkyl carbamates (subject to hydrolysis) is 1. The predicted molar refractivity (Wildman–Crippen MR) is 150 cm³/mol. The third-order valence-corrected chi connectivity index (χ3v) is 8.19. The van der Waals surface area contributed by atoms with E-state index in [-0.39, 0.29) is 29.7 Å². The van der Waals surface area contributed by atoms with Gasteiger partial charge in [-0.15, -0.1) is 0 Å².